The lowest BCUT2D eigenvalue weighted by molar-refractivity contribution is -0.133. The lowest BCUT2D eigenvalue weighted by Gasteiger charge is -2.19. The third kappa shape index (κ3) is 4.75. The zero-order valence-corrected chi connectivity index (χ0v) is 13.1. The van der Waals surface area contributed by atoms with Gasteiger partial charge in [0, 0.05) is 17.1 Å². The summed E-state index contributed by atoms with van der Waals surface area (Å²) >= 11 is 3.34. The maximum absolute atomic E-state index is 12.0. The highest BCUT2D eigenvalue weighted by molar-refractivity contribution is 9.10. The largest absolute Gasteiger partial charge is 0.467 e. The number of nitrogens with zero attached hydrogens (tertiary/aromatic N) is 1. The molecule has 110 valence electrons. The Morgan fingerprint density at radius 3 is 2.71 bits per heavy atom. The lowest BCUT2D eigenvalue weighted by Crippen LogP contribution is -2.36. The summed E-state index contributed by atoms with van der Waals surface area (Å²) in [5.41, 5.74) is 0.677. The van der Waals surface area contributed by atoms with E-state index in [1.165, 1.54) is 18.1 Å². The minimum Gasteiger partial charge on any atom is -0.467 e. The SMILES string of the molecule is CC(=O)N(CC(=O)Nc1cccc(Br)c1)Cc1ccco1. The van der Waals surface area contributed by atoms with E-state index < -0.39 is 0 Å². The maximum Gasteiger partial charge on any atom is 0.244 e. The lowest BCUT2D eigenvalue weighted by atomic mass is 10.3. The summed E-state index contributed by atoms with van der Waals surface area (Å²) in [6.07, 6.45) is 1.54. The average molecular weight is 351 g/mol. The van der Waals surface area contributed by atoms with Gasteiger partial charge in [-0.25, -0.2) is 0 Å². The van der Waals surface area contributed by atoms with Crippen molar-refractivity contribution in [2.45, 2.75) is 13.5 Å². The first-order chi connectivity index (χ1) is 10.0. The van der Waals surface area contributed by atoms with E-state index in [1.807, 2.05) is 12.1 Å². The number of carbonyl (C=O) groups excluding carboxylic acids is 2. The van der Waals surface area contributed by atoms with Crippen LogP contribution in [0.15, 0.2) is 51.6 Å². The summed E-state index contributed by atoms with van der Waals surface area (Å²) in [4.78, 5) is 25.0. The summed E-state index contributed by atoms with van der Waals surface area (Å²) in [5.74, 6) is 0.200. The highest BCUT2D eigenvalue weighted by atomic mass is 79.9. The third-order valence-corrected chi connectivity index (χ3v) is 3.31. The van der Waals surface area contributed by atoms with Crippen molar-refractivity contribution < 1.29 is 14.0 Å². The first-order valence-corrected chi connectivity index (χ1v) is 7.17. The van der Waals surface area contributed by atoms with Gasteiger partial charge in [0.2, 0.25) is 11.8 Å². The number of nitrogens with one attached hydrogen (secondary N) is 1. The molecule has 0 atom stereocenters. The Morgan fingerprint density at radius 1 is 1.29 bits per heavy atom. The molecule has 6 heteroatoms. The summed E-state index contributed by atoms with van der Waals surface area (Å²) < 4.78 is 6.07. The second-order valence-electron chi connectivity index (χ2n) is 4.51. The number of furan rings is 1. The number of amides is 2. The standard InChI is InChI=1S/C15H15BrN2O3/c1-11(19)18(9-14-6-3-7-21-14)10-15(20)17-13-5-2-4-12(16)8-13/h2-8H,9-10H2,1H3,(H,17,20). The predicted octanol–water partition coefficient (Wildman–Crippen LogP) is 3.03. The highest BCUT2D eigenvalue weighted by Gasteiger charge is 2.15. The van der Waals surface area contributed by atoms with Crippen LogP contribution in [0.4, 0.5) is 5.69 Å². The molecule has 0 aliphatic rings. The van der Waals surface area contributed by atoms with Crippen molar-refractivity contribution in [2.24, 2.45) is 0 Å². The zero-order valence-electron chi connectivity index (χ0n) is 11.5. The van der Waals surface area contributed by atoms with Crippen molar-refractivity contribution in [1.82, 2.24) is 4.90 Å². The molecular weight excluding hydrogens is 336 g/mol. The van der Waals surface area contributed by atoms with Crippen LogP contribution in [0.25, 0.3) is 0 Å². The van der Waals surface area contributed by atoms with Crippen molar-refractivity contribution in [3.05, 3.63) is 52.9 Å². The smallest absolute Gasteiger partial charge is 0.244 e. The average Bonchev–Trinajstić information content (AvgIpc) is 2.90. The van der Waals surface area contributed by atoms with Crippen LogP contribution in [-0.2, 0) is 16.1 Å². The Labute approximate surface area is 131 Å². The Morgan fingerprint density at radius 2 is 2.10 bits per heavy atom. The molecule has 0 unspecified atom stereocenters. The van der Waals surface area contributed by atoms with Crippen molar-refractivity contribution in [2.75, 3.05) is 11.9 Å². The Kier molecular flexibility index (Phi) is 5.16. The molecule has 0 aliphatic carbocycles. The number of anilines is 1. The van der Waals surface area contributed by atoms with Gasteiger partial charge in [-0.15, -0.1) is 0 Å². The molecule has 1 heterocycles. The third-order valence-electron chi connectivity index (χ3n) is 2.81. The van der Waals surface area contributed by atoms with Crippen molar-refractivity contribution in [3.63, 3.8) is 0 Å². The van der Waals surface area contributed by atoms with E-state index in [0.29, 0.717) is 11.4 Å². The normalized spacial score (nSPS) is 10.2. The Hall–Kier alpha value is -2.08. The van der Waals surface area contributed by atoms with Gasteiger partial charge in [-0.2, -0.15) is 0 Å². The number of hydrogen-bond donors (Lipinski definition) is 1. The quantitative estimate of drug-likeness (QED) is 0.901. The van der Waals surface area contributed by atoms with Crippen LogP contribution in [0.5, 0.6) is 0 Å². The second-order valence-corrected chi connectivity index (χ2v) is 5.43. The number of hydrogen-bond acceptors (Lipinski definition) is 3. The van der Waals surface area contributed by atoms with Crippen LogP contribution >= 0.6 is 15.9 Å². The number of carbonyl (C=O) groups is 2. The monoisotopic (exact) mass is 350 g/mol. The van der Waals surface area contributed by atoms with Gasteiger partial charge in [-0.3, -0.25) is 9.59 Å². The van der Waals surface area contributed by atoms with Gasteiger partial charge < -0.3 is 14.6 Å². The van der Waals surface area contributed by atoms with Crippen molar-refractivity contribution >= 4 is 33.4 Å². The summed E-state index contributed by atoms with van der Waals surface area (Å²) in [7, 11) is 0. The van der Waals surface area contributed by atoms with Crippen LogP contribution < -0.4 is 5.32 Å². The predicted molar refractivity (Wildman–Crippen MR) is 82.6 cm³/mol. The molecule has 0 fully saturated rings. The van der Waals surface area contributed by atoms with E-state index in [4.69, 9.17) is 4.42 Å². The fraction of sp³-hybridized carbons (Fsp3) is 0.200. The topological polar surface area (TPSA) is 62.6 Å². The molecule has 0 saturated heterocycles. The fourth-order valence-corrected chi connectivity index (χ4v) is 2.21. The minimum atomic E-state index is -0.255. The highest BCUT2D eigenvalue weighted by Crippen LogP contribution is 2.15. The molecule has 5 nitrogen and oxygen atoms in total. The molecule has 0 radical (unpaired) electrons. The molecule has 1 aromatic carbocycles. The van der Waals surface area contributed by atoms with E-state index in [9.17, 15) is 9.59 Å². The Bertz CT molecular complexity index is 626. The molecule has 0 spiro atoms. The summed E-state index contributed by atoms with van der Waals surface area (Å²) in [5, 5.41) is 2.75. The first-order valence-electron chi connectivity index (χ1n) is 6.38. The van der Waals surface area contributed by atoms with E-state index in [1.54, 1.807) is 24.3 Å². The van der Waals surface area contributed by atoms with Crippen LogP contribution in [0.1, 0.15) is 12.7 Å². The molecule has 0 aliphatic heterocycles. The van der Waals surface area contributed by atoms with Gasteiger partial charge in [0.15, 0.2) is 0 Å². The summed E-state index contributed by atoms with van der Waals surface area (Å²) in [6.45, 7) is 1.67. The van der Waals surface area contributed by atoms with E-state index in [0.717, 1.165) is 4.47 Å². The van der Waals surface area contributed by atoms with Crippen LogP contribution in [0.2, 0.25) is 0 Å². The Balaban J connectivity index is 1.96. The van der Waals surface area contributed by atoms with Gasteiger partial charge in [-0.05, 0) is 30.3 Å². The molecule has 0 saturated carbocycles. The molecule has 2 rings (SSSR count). The van der Waals surface area contributed by atoms with E-state index in [-0.39, 0.29) is 24.9 Å². The van der Waals surface area contributed by atoms with E-state index >= 15 is 0 Å². The molecule has 0 bridgehead atoms. The van der Waals surface area contributed by atoms with Crippen LogP contribution in [-0.4, -0.2) is 23.3 Å². The molecule has 2 aromatic rings. The fourth-order valence-electron chi connectivity index (χ4n) is 1.81. The van der Waals surface area contributed by atoms with Gasteiger partial charge in [0.05, 0.1) is 12.8 Å². The first kappa shape index (κ1) is 15.3. The summed E-state index contributed by atoms with van der Waals surface area (Å²) in [6, 6.07) is 10.8. The molecular formula is C15H15BrN2O3. The number of halogens is 1. The van der Waals surface area contributed by atoms with Gasteiger partial charge in [0.1, 0.15) is 12.3 Å². The van der Waals surface area contributed by atoms with Crippen LogP contribution in [0, 0.1) is 0 Å². The van der Waals surface area contributed by atoms with Gasteiger partial charge >= 0.3 is 0 Å². The molecule has 2 amide bonds. The van der Waals surface area contributed by atoms with E-state index in [2.05, 4.69) is 21.2 Å². The second kappa shape index (κ2) is 7.08. The van der Waals surface area contributed by atoms with Crippen molar-refractivity contribution in [1.29, 1.82) is 0 Å². The van der Waals surface area contributed by atoms with Crippen LogP contribution in [0.3, 0.4) is 0 Å². The minimum absolute atomic E-state index is 0.0253. The van der Waals surface area contributed by atoms with Gasteiger partial charge in [-0.1, -0.05) is 22.0 Å². The molecule has 1 aromatic heterocycles. The van der Waals surface area contributed by atoms with Gasteiger partial charge in [0.25, 0.3) is 0 Å². The molecule has 21 heavy (non-hydrogen) atoms. The number of rotatable bonds is 5. The maximum atomic E-state index is 12.0. The zero-order chi connectivity index (χ0) is 15.2. The number of benzene rings is 1. The molecule has 1 N–H and O–H groups in total. The van der Waals surface area contributed by atoms with Crippen molar-refractivity contribution in [3.8, 4) is 0 Å².